The Kier molecular flexibility index (Phi) is 2.13. The van der Waals surface area contributed by atoms with Crippen LogP contribution in [0.15, 0.2) is 47.6 Å². The molecule has 0 bridgehead atoms. The van der Waals surface area contributed by atoms with Gasteiger partial charge in [0.2, 0.25) is 0 Å². The second kappa shape index (κ2) is 2.91. The summed E-state index contributed by atoms with van der Waals surface area (Å²) in [4.78, 5) is 0. The Labute approximate surface area is 68.6 Å². The molecular formula is C11H14. The van der Waals surface area contributed by atoms with Crippen LogP contribution in [0.5, 0.6) is 0 Å². The standard InChI is InChI=1S/C11H14/c1-8(2)10-5-6-11(7-10)9(3)4/h5-6H,1,3,7H2,2,4H3. The molecule has 0 aromatic carbocycles. The van der Waals surface area contributed by atoms with Gasteiger partial charge >= 0.3 is 0 Å². The third kappa shape index (κ3) is 1.70. The van der Waals surface area contributed by atoms with Gasteiger partial charge in [-0.25, -0.2) is 0 Å². The van der Waals surface area contributed by atoms with Gasteiger partial charge in [0, 0.05) is 0 Å². The number of rotatable bonds is 2. The quantitative estimate of drug-likeness (QED) is 0.560. The Morgan fingerprint density at radius 1 is 1.09 bits per heavy atom. The van der Waals surface area contributed by atoms with Crippen LogP contribution in [-0.2, 0) is 0 Å². The van der Waals surface area contributed by atoms with Crippen molar-refractivity contribution in [2.45, 2.75) is 20.3 Å². The van der Waals surface area contributed by atoms with E-state index in [1.807, 2.05) is 13.8 Å². The van der Waals surface area contributed by atoms with Crippen LogP contribution < -0.4 is 0 Å². The summed E-state index contributed by atoms with van der Waals surface area (Å²) in [5, 5.41) is 0. The summed E-state index contributed by atoms with van der Waals surface area (Å²) in [5.74, 6) is 0. The summed E-state index contributed by atoms with van der Waals surface area (Å²) < 4.78 is 0. The largest absolute Gasteiger partial charge is 0.0958 e. The van der Waals surface area contributed by atoms with Crippen molar-refractivity contribution in [3.63, 3.8) is 0 Å². The lowest BCUT2D eigenvalue weighted by Crippen LogP contribution is -1.83. The first-order valence-electron chi connectivity index (χ1n) is 3.82. The summed E-state index contributed by atoms with van der Waals surface area (Å²) >= 11 is 0. The fourth-order valence-corrected chi connectivity index (χ4v) is 1.11. The van der Waals surface area contributed by atoms with Gasteiger partial charge in [-0.15, -0.1) is 0 Å². The van der Waals surface area contributed by atoms with Crippen LogP contribution in [0.25, 0.3) is 0 Å². The maximum absolute atomic E-state index is 3.90. The fourth-order valence-electron chi connectivity index (χ4n) is 1.11. The molecule has 0 N–H and O–H groups in total. The van der Waals surface area contributed by atoms with E-state index in [2.05, 4.69) is 25.3 Å². The zero-order valence-corrected chi connectivity index (χ0v) is 7.28. The summed E-state index contributed by atoms with van der Waals surface area (Å²) in [6.45, 7) is 11.9. The van der Waals surface area contributed by atoms with Crippen LogP contribution >= 0.6 is 0 Å². The van der Waals surface area contributed by atoms with Crippen molar-refractivity contribution in [2.24, 2.45) is 0 Å². The Morgan fingerprint density at radius 3 is 1.64 bits per heavy atom. The lowest BCUT2D eigenvalue weighted by atomic mass is 10.0. The number of allylic oxidation sites excluding steroid dienone is 6. The normalized spacial score (nSPS) is 15.8. The van der Waals surface area contributed by atoms with Gasteiger partial charge in [0.05, 0.1) is 0 Å². The third-order valence-corrected chi connectivity index (χ3v) is 1.96. The molecule has 0 aromatic rings. The van der Waals surface area contributed by atoms with E-state index >= 15 is 0 Å². The molecule has 0 amide bonds. The molecule has 1 aliphatic rings. The van der Waals surface area contributed by atoms with Gasteiger partial charge < -0.3 is 0 Å². The lowest BCUT2D eigenvalue weighted by Gasteiger charge is -2.02. The molecule has 0 heteroatoms. The van der Waals surface area contributed by atoms with Crippen LogP contribution in [0.2, 0.25) is 0 Å². The summed E-state index contributed by atoms with van der Waals surface area (Å²) in [6, 6.07) is 0. The molecule has 1 rings (SSSR count). The van der Waals surface area contributed by atoms with E-state index in [-0.39, 0.29) is 0 Å². The maximum Gasteiger partial charge on any atom is -0.00210 e. The molecular weight excluding hydrogens is 132 g/mol. The van der Waals surface area contributed by atoms with Crippen molar-refractivity contribution in [1.82, 2.24) is 0 Å². The third-order valence-electron chi connectivity index (χ3n) is 1.96. The van der Waals surface area contributed by atoms with Crippen LogP contribution in [0, 0.1) is 0 Å². The molecule has 0 heterocycles. The SMILES string of the molecule is C=C(C)C1=CC=C(C(=C)C)C1. The molecule has 0 saturated carbocycles. The van der Waals surface area contributed by atoms with E-state index < -0.39 is 0 Å². The van der Waals surface area contributed by atoms with Crippen molar-refractivity contribution in [3.8, 4) is 0 Å². The molecule has 0 spiro atoms. The highest BCUT2D eigenvalue weighted by molar-refractivity contribution is 5.46. The van der Waals surface area contributed by atoms with E-state index in [1.54, 1.807) is 0 Å². The average molecular weight is 146 g/mol. The van der Waals surface area contributed by atoms with Gasteiger partial charge in [0.1, 0.15) is 0 Å². The molecule has 1 aliphatic carbocycles. The van der Waals surface area contributed by atoms with E-state index in [0.29, 0.717) is 0 Å². The highest BCUT2D eigenvalue weighted by Crippen LogP contribution is 2.27. The van der Waals surface area contributed by atoms with Crippen LogP contribution in [-0.4, -0.2) is 0 Å². The molecule has 0 aliphatic heterocycles. The minimum absolute atomic E-state index is 1.02. The van der Waals surface area contributed by atoms with Crippen molar-refractivity contribution in [1.29, 1.82) is 0 Å². The molecule has 0 unspecified atom stereocenters. The van der Waals surface area contributed by atoms with E-state index in [0.717, 1.165) is 17.6 Å². The number of hydrogen-bond donors (Lipinski definition) is 0. The summed E-state index contributed by atoms with van der Waals surface area (Å²) in [6.07, 6.45) is 5.28. The molecule has 0 nitrogen and oxygen atoms in total. The topological polar surface area (TPSA) is 0 Å². The van der Waals surface area contributed by atoms with Crippen molar-refractivity contribution in [2.75, 3.05) is 0 Å². The van der Waals surface area contributed by atoms with Gasteiger partial charge in [0.15, 0.2) is 0 Å². The van der Waals surface area contributed by atoms with Gasteiger partial charge in [-0.05, 0) is 31.4 Å². The Bertz CT molecular complexity index is 234. The average Bonchev–Trinajstić information content (AvgIpc) is 2.33. The minimum Gasteiger partial charge on any atom is -0.0958 e. The zero-order valence-electron chi connectivity index (χ0n) is 7.28. The first-order chi connectivity index (χ1) is 5.11. The Morgan fingerprint density at radius 2 is 1.45 bits per heavy atom. The molecule has 11 heavy (non-hydrogen) atoms. The minimum atomic E-state index is 1.02. The molecule has 0 radical (unpaired) electrons. The second-order valence-electron chi connectivity index (χ2n) is 3.12. The second-order valence-corrected chi connectivity index (χ2v) is 3.12. The van der Waals surface area contributed by atoms with E-state index in [9.17, 15) is 0 Å². The van der Waals surface area contributed by atoms with E-state index in [4.69, 9.17) is 0 Å². The Balaban J connectivity index is 2.66. The smallest absolute Gasteiger partial charge is 0.00210 e. The van der Waals surface area contributed by atoms with Crippen molar-refractivity contribution < 1.29 is 0 Å². The molecule has 0 saturated heterocycles. The van der Waals surface area contributed by atoms with Crippen molar-refractivity contribution in [3.05, 3.63) is 47.6 Å². The van der Waals surface area contributed by atoms with Crippen molar-refractivity contribution >= 4 is 0 Å². The van der Waals surface area contributed by atoms with Gasteiger partial charge in [-0.1, -0.05) is 36.5 Å². The van der Waals surface area contributed by atoms with Crippen LogP contribution in [0.1, 0.15) is 20.3 Å². The maximum atomic E-state index is 3.90. The van der Waals surface area contributed by atoms with E-state index in [1.165, 1.54) is 11.1 Å². The zero-order chi connectivity index (χ0) is 8.43. The monoisotopic (exact) mass is 146 g/mol. The predicted octanol–water partition coefficient (Wildman–Crippen LogP) is 3.40. The highest BCUT2D eigenvalue weighted by atomic mass is 14.1. The highest BCUT2D eigenvalue weighted by Gasteiger charge is 2.08. The summed E-state index contributed by atoms with van der Waals surface area (Å²) in [5.41, 5.74) is 5.00. The summed E-state index contributed by atoms with van der Waals surface area (Å²) in [7, 11) is 0. The first kappa shape index (κ1) is 8.06. The van der Waals surface area contributed by atoms with Crippen LogP contribution in [0.3, 0.4) is 0 Å². The molecule has 0 atom stereocenters. The first-order valence-corrected chi connectivity index (χ1v) is 3.82. The van der Waals surface area contributed by atoms with Gasteiger partial charge in [-0.3, -0.25) is 0 Å². The molecule has 0 aromatic heterocycles. The molecule has 0 fully saturated rings. The number of hydrogen-bond acceptors (Lipinski definition) is 0. The van der Waals surface area contributed by atoms with Gasteiger partial charge in [-0.2, -0.15) is 0 Å². The fraction of sp³-hybridized carbons (Fsp3) is 0.273. The molecule has 58 valence electrons. The van der Waals surface area contributed by atoms with Gasteiger partial charge in [0.25, 0.3) is 0 Å². The Hall–Kier alpha value is -1.04. The predicted molar refractivity (Wildman–Crippen MR) is 50.4 cm³/mol. The van der Waals surface area contributed by atoms with Crippen LogP contribution in [0.4, 0.5) is 0 Å². The lowest BCUT2D eigenvalue weighted by molar-refractivity contribution is 1.16.